The van der Waals surface area contributed by atoms with Gasteiger partial charge in [-0.2, -0.15) is 0 Å². The molecule has 6 nitrogen and oxygen atoms in total. The third-order valence-electron chi connectivity index (χ3n) is 1.82. The number of nitro benzene ring substituents is 1. The number of nitrogens with zero attached hydrogens (tertiary/aromatic N) is 2. The molecule has 7 heteroatoms. The van der Waals surface area contributed by atoms with Gasteiger partial charge < -0.3 is 9.47 Å². The molecule has 0 atom stereocenters. The summed E-state index contributed by atoms with van der Waals surface area (Å²) in [5.41, 5.74) is 0.0126. The van der Waals surface area contributed by atoms with Gasteiger partial charge in [0.25, 0.3) is 5.69 Å². The Labute approximate surface area is 109 Å². The molecule has 0 radical (unpaired) electrons. The minimum atomic E-state index is -0.446. The molecule has 98 valence electrons. The fourth-order valence-corrected chi connectivity index (χ4v) is 1.77. The van der Waals surface area contributed by atoms with Gasteiger partial charge in [0.15, 0.2) is 0 Å². The third-order valence-corrected chi connectivity index (χ3v) is 2.60. The monoisotopic (exact) mass is 270 g/mol. The van der Waals surface area contributed by atoms with Crippen LogP contribution in [0.15, 0.2) is 33.6 Å². The Hall–Kier alpha value is -1.76. The van der Waals surface area contributed by atoms with E-state index in [-0.39, 0.29) is 11.8 Å². The first-order valence-electron chi connectivity index (χ1n) is 5.43. The van der Waals surface area contributed by atoms with Crippen LogP contribution in [0.3, 0.4) is 0 Å². The maximum atomic E-state index is 10.8. The van der Waals surface area contributed by atoms with Gasteiger partial charge in [-0.1, -0.05) is 12.1 Å². The maximum Gasteiger partial charge on any atom is 0.395 e. The van der Waals surface area contributed by atoms with Gasteiger partial charge in [-0.3, -0.25) is 10.1 Å². The summed E-state index contributed by atoms with van der Waals surface area (Å²) >= 11 is 0.960. The van der Waals surface area contributed by atoms with Crippen molar-refractivity contribution in [3.05, 3.63) is 34.4 Å². The average molecular weight is 270 g/mol. The Morgan fingerprint density at radius 3 is 2.50 bits per heavy atom. The molecular formula is C11H14N2O4S. The van der Waals surface area contributed by atoms with Crippen LogP contribution in [0, 0.1) is 10.1 Å². The largest absolute Gasteiger partial charge is 0.450 e. The fourth-order valence-electron chi connectivity index (χ4n) is 1.11. The molecule has 1 rings (SSSR count). The van der Waals surface area contributed by atoms with Crippen molar-refractivity contribution in [3.63, 3.8) is 0 Å². The maximum absolute atomic E-state index is 10.8. The summed E-state index contributed by atoms with van der Waals surface area (Å²) in [6, 6.07) is 6.38. The number of para-hydroxylation sites is 1. The van der Waals surface area contributed by atoms with Crippen molar-refractivity contribution < 1.29 is 14.4 Å². The van der Waals surface area contributed by atoms with Crippen LogP contribution < -0.4 is 0 Å². The van der Waals surface area contributed by atoms with E-state index in [2.05, 4.69) is 4.40 Å². The standard InChI is InChI=1S/C11H14N2O4S/c1-3-16-11(17-4-2)12-18-10-8-6-5-7-9(10)13(14)15/h5-8H,3-4H2,1-2H3. The van der Waals surface area contributed by atoms with Gasteiger partial charge in [-0.15, -0.1) is 4.40 Å². The lowest BCUT2D eigenvalue weighted by molar-refractivity contribution is -0.387. The Morgan fingerprint density at radius 2 is 1.94 bits per heavy atom. The molecular weight excluding hydrogens is 256 g/mol. The number of nitro groups is 1. The summed E-state index contributed by atoms with van der Waals surface area (Å²) in [4.78, 5) is 10.8. The zero-order chi connectivity index (χ0) is 13.4. The van der Waals surface area contributed by atoms with E-state index in [0.717, 1.165) is 11.9 Å². The summed E-state index contributed by atoms with van der Waals surface area (Å²) in [6.07, 6.45) is 0.128. The lowest BCUT2D eigenvalue weighted by atomic mass is 10.3. The van der Waals surface area contributed by atoms with E-state index in [1.165, 1.54) is 6.07 Å². The molecule has 0 amide bonds. The number of benzene rings is 1. The zero-order valence-electron chi connectivity index (χ0n) is 10.2. The highest BCUT2D eigenvalue weighted by Crippen LogP contribution is 2.29. The smallest absolute Gasteiger partial charge is 0.395 e. The second-order valence-corrected chi connectivity index (χ2v) is 3.84. The molecule has 1 aromatic carbocycles. The Bertz CT molecular complexity index is 429. The molecule has 0 heterocycles. The van der Waals surface area contributed by atoms with E-state index in [4.69, 9.17) is 9.47 Å². The Kier molecular flexibility index (Phi) is 5.99. The lowest BCUT2D eigenvalue weighted by Gasteiger charge is -2.06. The summed E-state index contributed by atoms with van der Waals surface area (Å²) < 4.78 is 14.3. The van der Waals surface area contributed by atoms with Crippen LogP contribution in [0.4, 0.5) is 5.69 Å². The van der Waals surface area contributed by atoms with Gasteiger partial charge in [0.1, 0.15) is 4.90 Å². The molecule has 1 aromatic rings. The van der Waals surface area contributed by atoms with E-state index in [1.54, 1.807) is 18.2 Å². The van der Waals surface area contributed by atoms with E-state index >= 15 is 0 Å². The zero-order valence-corrected chi connectivity index (χ0v) is 11.0. The molecule has 0 aliphatic carbocycles. The van der Waals surface area contributed by atoms with Crippen molar-refractivity contribution in [1.82, 2.24) is 0 Å². The third kappa shape index (κ3) is 4.25. The van der Waals surface area contributed by atoms with Crippen molar-refractivity contribution in [2.24, 2.45) is 4.40 Å². The van der Waals surface area contributed by atoms with Crippen LogP contribution in [0.2, 0.25) is 0 Å². The number of hydrogen-bond donors (Lipinski definition) is 0. The average Bonchev–Trinajstić information content (AvgIpc) is 2.36. The first-order valence-corrected chi connectivity index (χ1v) is 6.20. The lowest BCUT2D eigenvalue weighted by Crippen LogP contribution is -2.08. The van der Waals surface area contributed by atoms with Crippen molar-refractivity contribution in [3.8, 4) is 0 Å². The molecule has 0 N–H and O–H groups in total. The molecule has 0 unspecified atom stereocenters. The molecule has 0 bridgehead atoms. The quantitative estimate of drug-likeness (QED) is 0.270. The summed E-state index contributed by atoms with van der Waals surface area (Å²) in [7, 11) is 0. The van der Waals surface area contributed by atoms with E-state index < -0.39 is 4.92 Å². The highest BCUT2D eigenvalue weighted by Gasteiger charge is 2.13. The van der Waals surface area contributed by atoms with Crippen LogP contribution >= 0.6 is 11.9 Å². The van der Waals surface area contributed by atoms with Crippen LogP contribution in [-0.2, 0) is 9.47 Å². The molecule has 0 saturated carbocycles. The predicted molar refractivity (Wildman–Crippen MR) is 69.6 cm³/mol. The summed E-state index contributed by atoms with van der Waals surface area (Å²) in [6.45, 7) is 4.47. The van der Waals surface area contributed by atoms with Crippen molar-refractivity contribution in [1.29, 1.82) is 0 Å². The highest BCUT2D eigenvalue weighted by atomic mass is 32.2. The molecule has 18 heavy (non-hydrogen) atoms. The Balaban J connectivity index is 2.83. The number of hydrogen-bond acceptors (Lipinski definition) is 6. The van der Waals surface area contributed by atoms with Gasteiger partial charge in [0.2, 0.25) is 0 Å². The first-order chi connectivity index (χ1) is 8.69. The van der Waals surface area contributed by atoms with Crippen LogP contribution in [0.1, 0.15) is 13.8 Å². The molecule has 0 spiro atoms. The predicted octanol–water partition coefficient (Wildman–Crippen LogP) is 3.03. The molecule has 0 aromatic heterocycles. The molecule has 0 aliphatic rings. The molecule has 0 aliphatic heterocycles. The molecule has 0 fully saturated rings. The number of rotatable bonds is 5. The van der Waals surface area contributed by atoms with E-state index in [1.807, 2.05) is 13.8 Å². The van der Waals surface area contributed by atoms with Gasteiger partial charge in [0, 0.05) is 18.0 Å². The van der Waals surface area contributed by atoms with E-state index in [0.29, 0.717) is 18.1 Å². The molecule has 0 saturated heterocycles. The van der Waals surface area contributed by atoms with Crippen LogP contribution in [0.5, 0.6) is 0 Å². The second kappa shape index (κ2) is 7.54. The van der Waals surface area contributed by atoms with Crippen molar-refractivity contribution >= 4 is 23.7 Å². The van der Waals surface area contributed by atoms with Crippen molar-refractivity contribution in [2.45, 2.75) is 18.7 Å². The van der Waals surface area contributed by atoms with Crippen LogP contribution in [0.25, 0.3) is 0 Å². The van der Waals surface area contributed by atoms with Gasteiger partial charge in [0.05, 0.1) is 18.1 Å². The van der Waals surface area contributed by atoms with Gasteiger partial charge >= 0.3 is 6.08 Å². The topological polar surface area (TPSA) is 74.0 Å². The number of ether oxygens (including phenoxy) is 2. The second-order valence-electron chi connectivity index (χ2n) is 3.04. The van der Waals surface area contributed by atoms with Gasteiger partial charge in [-0.25, -0.2) is 0 Å². The highest BCUT2D eigenvalue weighted by molar-refractivity contribution is 7.98. The normalized spacial score (nSPS) is 9.67. The fraction of sp³-hybridized carbons (Fsp3) is 0.364. The van der Waals surface area contributed by atoms with Crippen molar-refractivity contribution in [2.75, 3.05) is 13.2 Å². The van der Waals surface area contributed by atoms with Gasteiger partial charge in [-0.05, 0) is 19.9 Å². The van der Waals surface area contributed by atoms with Crippen LogP contribution in [-0.4, -0.2) is 24.2 Å². The Morgan fingerprint density at radius 1 is 1.33 bits per heavy atom. The minimum absolute atomic E-state index is 0.0126. The minimum Gasteiger partial charge on any atom is -0.450 e. The SMILES string of the molecule is CCOC(=NSc1ccccc1[N+](=O)[O-])OCC. The summed E-state index contributed by atoms with van der Waals surface area (Å²) in [5, 5.41) is 10.8. The van der Waals surface area contributed by atoms with E-state index in [9.17, 15) is 10.1 Å². The first kappa shape index (κ1) is 14.3. The summed E-state index contributed by atoms with van der Waals surface area (Å²) in [5.74, 6) is 0.